The van der Waals surface area contributed by atoms with Crippen LogP contribution in [0.25, 0.3) is 0 Å². The van der Waals surface area contributed by atoms with Crippen molar-refractivity contribution in [3.8, 4) is 0 Å². The molecule has 0 aromatic heterocycles. The summed E-state index contributed by atoms with van der Waals surface area (Å²) in [6.07, 6.45) is 1.53. The number of aliphatic carboxylic acids is 1. The summed E-state index contributed by atoms with van der Waals surface area (Å²) in [5.74, 6) is -0.895. The molecule has 2 atom stereocenters. The van der Waals surface area contributed by atoms with Crippen molar-refractivity contribution in [2.45, 2.75) is 12.5 Å². The summed E-state index contributed by atoms with van der Waals surface area (Å²) in [6, 6.07) is -0.655. The van der Waals surface area contributed by atoms with Gasteiger partial charge in [0.05, 0.1) is 0 Å². The van der Waals surface area contributed by atoms with Crippen molar-refractivity contribution in [1.29, 1.82) is 0 Å². The Labute approximate surface area is 56.4 Å². The summed E-state index contributed by atoms with van der Waals surface area (Å²) in [4.78, 5) is 10.1. The molecule has 0 spiro atoms. The molecule has 1 unspecified atom stereocenters. The largest absolute Gasteiger partial charge is 0.480 e. The van der Waals surface area contributed by atoms with E-state index >= 15 is 0 Å². The fourth-order valence-corrected chi connectivity index (χ4v) is 1.02. The van der Waals surface area contributed by atoms with Gasteiger partial charge in [-0.05, 0) is 19.2 Å². The van der Waals surface area contributed by atoms with Gasteiger partial charge in [-0.25, -0.2) is 0 Å². The Morgan fingerprint density at radius 3 is 2.78 bits per heavy atom. The van der Waals surface area contributed by atoms with E-state index in [9.17, 15) is 4.79 Å². The number of hydrogen-bond donors (Lipinski definition) is 2. The van der Waals surface area contributed by atoms with E-state index in [-0.39, 0.29) is 0 Å². The summed E-state index contributed by atoms with van der Waals surface area (Å²) in [5.41, 5.74) is 5.21. The van der Waals surface area contributed by atoms with Crippen LogP contribution >= 0.6 is 8.58 Å². The highest BCUT2D eigenvalue weighted by Crippen LogP contribution is 2.04. The van der Waals surface area contributed by atoms with Crippen molar-refractivity contribution in [2.24, 2.45) is 5.73 Å². The van der Waals surface area contributed by atoms with Gasteiger partial charge in [-0.2, -0.15) is 0 Å². The second kappa shape index (κ2) is 4.71. The molecule has 0 rings (SSSR count). The zero-order chi connectivity index (χ0) is 7.28. The molecule has 0 aromatic carbocycles. The predicted octanol–water partition coefficient (Wildman–Crippen LogP) is 0.0967. The quantitative estimate of drug-likeness (QED) is 0.557. The summed E-state index contributed by atoms with van der Waals surface area (Å²) in [7, 11) is 0.800. The Morgan fingerprint density at radius 2 is 2.44 bits per heavy atom. The fraction of sp³-hybridized carbons (Fsp3) is 0.800. The molecule has 3 N–H and O–H groups in total. The average molecular weight is 149 g/mol. The van der Waals surface area contributed by atoms with Crippen LogP contribution in [0.3, 0.4) is 0 Å². The molecular formula is C5H12NO2P. The first-order valence-electron chi connectivity index (χ1n) is 2.81. The first-order chi connectivity index (χ1) is 4.18. The maximum absolute atomic E-state index is 10.1. The van der Waals surface area contributed by atoms with Crippen molar-refractivity contribution in [1.82, 2.24) is 0 Å². The normalized spacial score (nSPS) is 14.4. The van der Waals surface area contributed by atoms with Crippen LogP contribution in [0.4, 0.5) is 0 Å². The van der Waals surface area contributed by atoms with Crippen molar-refractivity contribution < 1.29 is 9.90 Å². The van der Waals surface area contributed by atoms with E-state index in [1.807, 2.05) is 6.66 Å². The van der Waals surface area contributed by atoms with Gasteiger partial charge in [0, 0.05) is 0 Å². The van der Waals surface area contributed by atoms with Crippen LogP contribution in [-0.4, -0.2) is 29.9 Å². The Kier molecular flexibility index (Phi) is 4.64. The van der Waals surface area contributed by atoms with Gasteiger partial charge < -0.3 is 10.8 Å². The van der Waals surface area contributed by atoms with E-state index in [2.05, 4.69) is 0 Å². The molecule has 0 aromatic rings. The van der Waals surface area contributed by atoms with E-state index in [4.69, 9.17) is 10.8 Å². The summed E-state index contributed by atoms with van der Waals surface area (Å²) in [6.45, 7) is 2.04. The van der Waals surface area contributed by atoms with Crippen LogP contribution in [0.5, 0.6) is 0 Å². The topological polar surface area (TPSA) is 63.3 Å². The molecule has 0 aliphatic carbocycles. The van der Waals surface area contributed by atoms with E-state index < -0.39 is 12.0 Å². The van der Waals surface area contributed by atoms with Gasteiger partial charge >= 0.3 is 5.97 Å². The summed E-state index contributed by atoms with van der Waals surface area (Å²) in [5, 5.41) is 8.29. The SMILES string of the molecule is CPCC[C@@H](N)C(=O)O. The van der Waals surface area contributed by atoms with Crippen molar-refractivity contribution in [3.63, 3.8) is 0 Å². The van der Waals surface area contributed by atoms with Crippen molar-refractivity contribution in [3.05, 3.63) is 0 Å². The van der Waals surface area contributed by atoms with Gasteiger partial charge in [0.2, 0.25) is 0 Å². The smallest absolute Gasteiger partial charge is 0.320 e. The number of carboxylic acid groups (broad SMARTS) is 1. The number of nitrogens with two attached hydrogens (primary N) is 1. The van der Waals surface area contributed by atoms with Crippen LogP contribution < -0.4 is 5.73 Å². The Morgan fingerprint density at radius 1 is 1.89 bits per heavy atom. The lowest BCUT2D eigenvalue weighted by Crippen LogP contribution is -2.30. The second-order valence-electron chi connectivity index (χ2n) is 1.84. The number of carbonyl (C=O) groups is 1. The minimum Gasteiger partial charge on any atom is -0.480 e. The molecule has 0 saturated heterocycles. The van der Waals surface area contributed by atoms with E-state index in [0.717, 1.165) is 14.7 Å². The number of carboxylic acids is 1. The van der Waals surface area contributed by atoms with Crippen molar-refractivity contribution in [2.75, 3.05) is 12.8 Å². The van der Waals surface area contributed by atoms with Crippen LogP contribution in [0.1, 0.15) is 6.42 Å². The Bertz CT molecular complexity index is 97.0. The minimum absolute atomic E-state index is 0.601. The Balaban J connectivity index is 3.27. The van der Waals surface area contributed by atoms with Crippen LogP contribution in [-0.2, 0) is 4.79 Å². The predicted molar refractivity (Wildman–Crippen MR) is 39.3 cm³/mol. The van der Waals surface area contributed by atoms with E-state index in [1.54, 1.807) is 0 Å². The first kappa shape index (κ1) is 8.86. The fourth-order valence-electron chi connectivity index (χ4n) is 0.423. The third-order valence-electron chi connectivity index (χ3n) is 1.02. The molecule has 4 heteroatoms. The summed E-state index contributed by atoms with van der Waals surface area (Å²) >= 11 is 0. The highest BCUT2D eigenvalue weighted by Gasteiger charge is 2.08. The molecule has 9 heavy (non-hydrogen) atoms. The van der Waals surface area contributed by atoms with Gasteiger partial charge in [0.1, 0.15) is 6.04 Å². The monoisotopic (exact) mass is 149 g/mol. The average Bonchev–Trinajstić information content (AvgIpc) is 1.82. The molecule has 0 bridgehead atoms. The molecule has 0 radical (unpaired) electrons. The number of rotatable bonds is 4. The van der Waals surface area contributed by atoms with Crippen LogP contribution in [0.2, 0.25) is 0 Å². The van der Waals surface area contributed by atoms with Crippen molar-refractivity contribution >= 4 is 14.6 Å². The molecule has 0 saturated carbocycles. The lowest BCUT2D eigenvalue weighted by molar-refractivity contribution is -0.138. The van der Waals surface area contributed by atoms with Gasteiger partial charge in [-0.3, -0.25) is 4.79 Å². The molecule has 0 amide bonds. The minimum atomic E-state index is -0.895. The molecular weight excluding hydrogens is 137 g/mol. The molecule has 0 aliphatic rings. The lowest BCUT2D eigenvalue weighted by atomic mass is 10.2. The van der Waals surface area contributed by atoms with Gasteiger partial charge in [-0.1, -0.05) is 0 Å². The highest BCUT2D eigenvalue weighted by molar-refractivity contribution is 7.36. The zero-order valence-electron chi connectivity index (χ0n) is 5.42. The van der Waals surface area contributed by atoms with Crippen LogP contribution in [0.15, 0.2) is 0 Å². The maximum Gasteiger partial charge on any atom is 0.320 e. The van der Waals surface area contributed by atoms with Gasteiger partial charge in [-0.15, -0.1) is 8.58 Å². The zero-order valence-corrected chi connectivity index (χ0v) is 6.42. The molecule has 0 aliphatic heterocycles. The first-order valence-corrected chi connectivity index (χ1v) is 4.52. The van der Waals surface area contributed by atoms with E-state index in [0.29, 0.717) is 6.42 Å². The van der Waals surface area contributed by atoms with Crippen LogP contribution in [0, 0.1) is 0 Å². The second-order valence-corrected chi connectivity index (χ2v) is 3.04. The highest BCUT2D eigenvalue weighted by atomic mass is 31.1. The Hall–Kier alpha value is -0.140. The summed E-state index contributed by atoms with van der Waals surface area (Å²) < 4.78 is 0. The molecule has 0 fully saturated rings. The third-order valence-corrected chi connectivity index (χ3v) is 1.81. The standard InChI is InChI=1S/C5H12NO2P/c1-9-3-2-4(6)5(7)8/h4,9H,2-3,6H2,1H3,(H,7,8)/t4-/m1/s1. The van der Waals surface area contributed by atoms with E-state index in [1.165, 1.54) is 0 Å². The molecule has 0 heterocycles. The van der Waals surface area contributed by atoms with Gasteiger partial charge in [0.15, 0.2) is 0 Å². The number of hydrogen-bond acceptors (Lipinski definition) is 2. The maximum atomic E-state index is 10.1. The third kappa shape index (κ3) is 4.37. The molecule has 54 valence electrons. The molecule has 3 nitrogen and oxygen atoms in total. The lowest BCUT2D eigenvalue weighted by Gasteiger charge is -2.02. The van der Waals surface area contributed by atoms with Gasteiger partial charge in [0.25, 0.3) is 0 Å².